The summed E-state index contributed by atoms with van der Waals surface area (Å²) in [7, 11) is 0. The third-order valence-electron chi connectivity index (χ3n) is 3.98. The molecule has 16 heavy (non-hydrogen) atoms. The molecule has 0 bridgehead atoms. The maximum absolute atomic E-state index is 3.73. The molecule has 96 valence electrons. The Bertz CT molecular complexity index is 176. The monoisotopic (exact) mass is 225 g/mol. The van der Waals surface area contributed by atoms with Crippen molar-refractivity contribution in [3.05, 3.63) is 0 Å². The van der Waals surface area contributed by atoms with Gasteiger partial charge in [-0.2, -0.15) is 0 Å². The molecule has 1 N–H and O–H groups in total. The van der Waals surface area contributed by atoms with Crippen molar-refractivity contribution in [2.24, 2.45) is 17.8 Å². The van der Waals surface area contributed by atoms with Crippen LogP contribution in [0.1, 0.15) is 66.2 Å². The standard InChI is InChI=1S/C15H31N/c1-12(2)8-9-14(4)16-11-15-7-5-6-13(3)10-15/h12-16H,5-11H2,1-4H3. The van der Waals surface area contributed by atoms with Gasteiger partial charge in [0.25, 0.3) is 0 Å². The fourth-order valence-corrected chi connectivity index (χ4v) is 2.80. The SMILES string of the molecule is CC(C)CCC(C)NCC1CCCC(C)C1. The lowest BCUT2D eigenvalue weighted by atomic mass is 9.82. The molecule has 3 atom stereocenters. The van der Waals surface area contributed by atoms with Crippen molar-refractivity contribution in [2.45, 2.75) is 72.3 Å². The summed E-state index contributed by atoms with van der Waals surface area (Å²) in [6.45, 7) is 10.6. The zero-order valence-corrected chi connectivity index (χ0v) is 11.8. The van der Waals surface area contributed by atoms with Gasteiger partial charge in [-0.1, -0.05) is 33.6 Å². The molecule has 1 saturated carbocycles. The fraction of sp³-hybridized carbons (Fsp3) is 1.00. The largest absolute Gasteiger partial charge is 0.314 e. The molecule has 1 aliphatic carbocycles. The molecule has 0 radical (unpaired) electrons. The Labute approximate surface area is 102 Å². The molecule has 3 unspecified atom stereocenters. The average molecular weight is 225 g/mol. The molecule has 0 aromatic rings. The van der Waals surface area contributed by atoms with E-state index in [1.807, 2.05) is 0 Å². The summed E-state index contributed by atoms with van der Waals surface area (Å²) >= 11 is 0. The number of hydrogen-bond donors (Lipinski definition) is 1. The normalized spacial score (nSPS) is 28.3. The molecule has 1 rings (SSSR count). The second-order valence-electron chi connectivity index (χ2n) is 6.42. The minimum Gasteiger partial charge on any atom is -0.314 e. The van der Waals surface area contributed by atoms with Gasteiger partial charge < -0.3 is 5.32 Å². The molecule has 1 aliphatic rings. The lowest BCUT2D eigenvalue weighted by molar-refractivity contribution is 0.265. The van der Waals surface area contributed by atoms with Crippen LogP contribution in [0.4, 0.5) is 0 Å². The predicted octanol–water partition coefficient (Wildman–Crippen LogP) is 4.23. The highest BCUT2D eigenvalue weighted by atomic mass is 14.9. The minimum absolute atomic E-state index is 0.708. The van der Waals surface area contributed by atoms with Crippen LogP contribution >= 0.6 is 0 Å². The van der Waals surface area contributed by atoms with Crippen LogP contribution in [0.3, 0.4) is 0 Å². The van der Waals surface area contributed by atoms with Gasteiger partial charge in [0, 0.05) is 6.04 Å². The van der Waals surface area contributed by atoms with E-state index in [-0.39, 0.29) is 0 Å². The summed E-state index contributed by atoms with van der Waals surface area (Å²) in [6, 6.07) is 0.708. The van der Waals surface area contributed by atoms with Crippen LogP contribution in [-0.2, 0) is 0 Å². The van der Waals surface area contributed by atoms with Crippen molar-refractivity contribution in [2.75, 3.05) is 6.54 Å². The first kappa shape index (κ1) is 14.0. The molecule has 0 amide bonds. The summed E-state index contributed by atoms with van der Waals surface area (Å²) in [5, 5.41) is 3.73. The molecule has 1 fully saturated rings. The summed E-state index contributed by atoms with van der Waals surface area (Å²) in [5.41, 5.74) is 0. The predicted molar refractivity (Wildman–Crippen MR) is 72.7 cm³/mol. The molecule has 0 spiro atoms. The van der Waals surface area contributed by atoms with E-state index in [1.54, 1.807) is 0 Å². The third-order valence-corrected chi connectivity index (χ3v) is 3.98. The Hall–Kier alpha value is -0.0400. The number of rotatable bonds is 6. The second kappa shape index (κ2) is 7.32. The van der Waals surface area contributed by atoms with Gasteiger partial charge in [0.05, 0.1) is 0 Å². The highest BCUT2D eigenvalue weighted by molar-refractivity contribution is 4.74. The summed E-state index contributed by atoms with van der Waals surface area (Å²) in [5.74, 6) is 2.76. The Morgan fingerprint density at radius 1 is 1.12 bits per heavy atom. The zero-order valence-electron chi connectivity index (χ0n) is 11.8. The zero-order chi connectivity index (χ0) is 12.0. The van der Waals surface area contributed by atoms with E-state index >= 15 is 0 Å². The van der Waals surface area contributed by atoms with E-state index in [4.69, 9.17) is 0 Å². The van der Waals surface area contributed by atoms with Gasteiger partial charge in [-0.3, -0.25) is 0 Å². The molecular formula is C15H31N. The topological polar surface area (TPSA) is 12.0 Å². The van der Waals surface area contributed by atoms with Crippen molar-refractivity contribution in [3.63, 3.8) is 0 Å². The van der Waals surface area contributed by atoms with Gasteiger partial charge in [-0.25, -0.2) is 0 Å². The van der Waals surface area contributed by atoms with E-state index in [0.29, 0.717) is 6.04 Å². The quantitative estimate of drug-likeness (QED) is 0.713. The Morgan fingerprint density at radius 3 is 2.50 bits per heavy atom. The Balaban J connectivity index is 2.08. The van der Waals surface area contributed by atoms with Gasteiger partial charge in [0.1, 0.15) is 0 Å². The average Bonchev–Trinajstić information content (AvgIpc) is 2.23. The van der Waals surface area contributed by atoms with Gasteiger partial charge in [0.15, 0.2) is 0 Å². The molecule has 1 nitrogen and oxygen atoms in total. The maximum Gasteiger partial charge on any atom is 0.00389 e. The fourth-order valence-electron chi connectivity index (χ4n) is 2.80. The van der Waals surface area contributed by atoms with Crippen LogP contribution in [0.2, 0.25) is 0 Å². The van der Waals surface area contributed by atoms with Crippen LogP contribution in [0.5, 0.6) is 0 Å². The molecule has 0 heterocycles. The van der Waals surface area contributed by atoms with Crippen LogP contribution in [0.15, 0.2) is 0 Å². The van der Waals surface area contributed by atoms with Crippen molar-refractivity contribution in [3.8, 4) is 0 Å². The first-order chi connectivity index (χ1) is 7.58. The van der Waals surface area contributed by atoms with E-state index in [1.165, 1.54) is 45.1 Å². The van der Waals surface area contributed by atoms with Crippen molar-refractivity contribution < 1.29 is 0 Å². The van der Waals surface area contributed by atoms with E-state index < -0.39 is 0 Å². The van der Waals surface area contributed by atoms with Crippen molar-refractivity contribution in [1.29, 1.82) is 0 Å². The molecular weight excluding hydrogens is 194 g/mol. The van der Waals surface area contributed by atoms with Gasteiger partial charge in [0.2, 0.25) is 0 Å². The first-order valence-corrected chi connectivity index (χ1v) is 7.31. The van der Waals surface area contributed by atoms with Gasteiger partial charge in [-0.05, 0) is 56.9 Å². The number of hydrogen-bond acceptors (Lipinski definition) is 1. The smallest absolute Gasteiger partial charge is 0.00389 e. The van der Waals surface area contributed by atoms with E-state index in [9.17, 15) is 0 Å². The maximum atomic E-state index is 3.73. The third kappa shape index (κ3) is 5.89. The van der Waals surface area contributed by atoms with Crippen molar-refractivity contribution >= 4 is 0 Å². The van der Waals surface area contributed by atoms with Gasteiger partial charge in [-0.15, -0.1) is 0 Å². The lowest BCUT2D eigenvalue weighted by Gasteiger charge is -2.28. The van der Waals surface area contributed by atoms with Crippen LogP contribution in [-0.4, -0.2) is 12.6 Å². The highest BCUT2D eigenvalue weighted by Crippen LogP contribution is 2.28. The van der Waals surface area contributed by atoms with Crippen LogP contribution < -0.4 is 5.32 Å². The summed E-state index contributed by atoms with van der Waals surface area (Å²) in [6.07, 6.45) is 8.50. The molecule has 0 aromatic carbocycles. The summed E-state index contributed by atoms with van der Waals surface area (Å²) in [4.78, 5) is 0. The highest BCUT2D eigenvalue weighted by Gasteiger charge is 2.18. The van der Waals surface area contributed by atoms with E-state index in [2.05, 4.69) is 33.0 Å². The Morgan fingerprint density at radius 2 is 1.88 bits per heavy atom. The molecule has 0 aromatic heterocycles. The van der Waals surface area contributed by atoms with Crippen LogP contribution in [0, 0.1) is 17.8 Å². The molecule has 0 saturated heterocycles. The lowest BCUT2D eigenvalue weighted by Crippen LogP contribution is -2.33. The molecule has 0 aliphatic heterocycles. The van der Waals surface area contributed by atoms with Gasteiger partial charge >= 0.3 is 0 Å². The van der Waals surface area contributed by atoms with Crippen molar-refractivity contribution in [1.82, 2.24) is 5.32 Å². The van der Waals surface area contributed by atoms with E-state index in [0.717, 1.165) is 17.8 Å². The second-order valence-corrected chi connectivity index (χ2v) is 6.42. The first-order valence-electron chi connectivity index (χ1n) is 7.31. The minimum atomic E-state index is 0.708. The summed E-state index contributed by atoms with van der Waals surface area (Å²) < 4.78 is 0. The van der Waals surface area contributed by atoms with Crippen LogP contribution in [0.25, 0.3) is 0 Å². The molecule has 1 heteroatoms. The number of nitrogens with one attached hydrogen (secondary N) is 1. The Kier molecular flexibility index (Phi) is 6.41.